The Labute approximate surface area is 127 Å². The Hall–Kier alpha value is -2.94. The van der Waals surface area contributed by atoms with Gasteiger partial charge in [-0.25, -0.2) is 0 Å². The van der Waals surface area contributed by atoms with E-state index in [9.17, 15) is 14.9 Å². The molecule has 0 radical (unpaired) electrons. The van der Waals surface area contributed by atoms with Gasteiger partial charge in [0.25, 0.3) is 11.2 Å². The molecule has 1 heterocycles. The Morgan fingerprint density at radius 3 is 2.27 bits per heavy atom. The van der Waals surface area contributed by atoms with E-state index in [-0.39, 0.29) is 11.3 Å². The molecule has 0 bridgehead atoms. The summed E-state index contributed by atoms with van der Waals surface area (Å²) in [6.45, 7) is 6.87. The molecule has 22 heavy (non-hydrogen) atoms. The molecule has 0 N–H and O–H groups in total. The molecule has 6 nitrogen and oxygen atoms in total. The molecule has 0 saturated heterocycles. The second-order valence-corrected chi connectivity index (χ2v) is 5.28. The van der Waals surface area contributed by atoms with E-state index in [0.717, 1.165) is 5.56 Å². The first kappa shape index (κ1) is 15.4. The predicted molar refractivity (Wildman–Crippen MR) is 82.4 cm³/mol. The topological polar surface area (TPSA) is 88.9 Å². The van der Waals surface area contributed by atoms with Crippen molar-refractivity contribution in [2.45, 2.75) is 27.7 Å². The lowest BCUT2D eigenvalue weighted by molar-refractivity contribution is -0.385. The van der Waals surface area contributed by atoms with Gasteiger partial charge in [0.1, 0.15) is 11.6 Å². The minimum absolute atomic E-state index is 0.0493. The number of hydrogen-bond acceptors (Lipinski definition) is 4. The van der Waals surface area contributed by atoms with E-state index < -0.39 is 10.5 Å². The maximum absolute atomic E-state index is 12.5. The molecule has 112 valence electrons. The van der Waals surface area contributed by atoms with E-state index in [0.29, 0.717) is 22.5 Å². The van der Waals surface area contributed by atoms with Crippen molar-refractivity contribution < 1.29 is 4.92 Å². The van der Waals surface area contributed by atoms with Crippen LogP contribution in [-0.4, -0.2) is 9.49 Å². The van der Waals surface area contributed by atoms with Gasteiger partial charge in [-0.2, -0.15) is 5.26 Å². The third kappa shape index (κ3) is 2.37. The molecule has 0 aliphatic rings. The highest BCUT2D eigenvalue weighted by atomic mass is 16.6. The molecule has 0 amide bonds. The molecule has 1 aromatic heterocycles. The van der Waals surface area contributed by atoms with Crippen molar-refractivity contribution in [2.24, 2.45) is 0 Å². The van der Waals surface area contributed by atoms with E-state index in [1.165, 1.54) is 10.6 Å². The van der Waals surface area contributed by atoms with Crippen LogP contribution in [0.5, 0.6) is 0 Å². The van der Waals surface area contributed by atoms with Crippen LogP contribution in [0.25, 0.3) is 5.69 Å². The summed E-state index contributed by atoms with van der Waals surface area (Å²) in [6.07, 6.45) is 0. The van der Waals surface area contributed by atoms with Crippen LogP contribution in [-0.2, 0) is 0 Å². The molecule has 6 heteroatoms. The molecule has 1 aromatic carbocycles. The zero-order valence-corrected chi connectivity index (χ0v) is 12.8. The molecule has 2 aromatic rings. The Morgan fingerprint density at radius 1 is 1.09 bits per heavy atom. The number of nitro benzene ring substituents is 1. The minimum atomic E-state index is -0.474. The number of nitro groups is 1. The number of aromatic nitrogens is 1. The first-order chi connectivity index (χ1) is 10.3. The van der Waals surface area contributed by atoms with E-state index in [2.05, 4.69) is 0 Å². The largest absolute Gasteiger partial charge is 0.280 e. The Morgan fingerprint density at radius 2 is 1.73 bits per heavy atom. The zero-order chi connectivity index (χ0) is 16.6. The van der Waals surface area contributed by atoms with E-state index >= 15 is 0 Å². The fourth-order valence-electron chi connectivity index (χ4n) is 2.59. The lowest BCUT2D eigenvalue weighted by Crippen LogP contribution is -2.25. The van der Waals surface area contributed by atoms with Gasteiger partial charge in [0.2, 0.25) is 0 Å². The van der Waals surface area contributed by atoms with Gasteiger partial charge in [-0.15, -0.1) is 0 Å². The van der Waals surface area contributed by atoms with Gasteiger partial charge in [0, 0.05) is 17.3 Å². The van der Waals surface area contributed by atoms with Crippen LogP contribution in [0.3, 0.4) is 0 Å². The van der Waals surface area contributed by atoms with Gasteiger partial charge in [-0.05, 0) is 51.0 Å². The second-order valence-electron chi connectivity index (χ2n) is 5.28. The minimum Gasteiger partial charge on any atom is -0.280 e. The first-order valence-electron chi connectivity index (χ1n) is 6.67. The molecular formula is C16H15N3O3. The molecule has 0 aliphatic carbocycles. The van der Waals surface area contributed by atoms with Gasteiger partial charge >= 0.3 is 0 Å². The van der Waals surface area contributed by atoms with Crippen molar-refractivity contribution in [2.75, 3.05) is 0 Å². The van der Waals surface area contributed by atoms with Gasteiger partial charge in [-0.3, -0.25) is 19.5 Å². The number of nitrogens with zero attached hydrogens (tertiary/aromatic N) is 3. The SMILES string of the molecule is Cc1cc(C)c([N+](=O)[O-])cc1-n1c(C)cc(C)c(C#N)c1=O. The molecule has 0 saturated carbocycles. The Bertz CT molecular complexity index is 889. The van der Waals surface area contributed by atoms with Crippen LogP contribution in [0.1, 0.15) is 27.9 Å². The van der Waals surface area contributed by atoms with E-state index in [1.807, 2.05) is 6.07 Å². The second kappa shape index (κ2) is 5.45. The fraction of sp³-hybridized carbons (Fsp3) is 0.250. The molecule has 0 aliphatic heterocycles. The summed E-state index contributed by atoms with van der Waals surface area (Å²) < 4.78 is 1.35. The van der Waals surface area contributed by atoms with Crippen molar-refractivity contribution in [3.8, 4) is 11.8 Å². The summed E-state index contributed by atoms with van der Waals surface area (Å²) in [5, 5.41) is 20.3. The van der Waals surface area contributed by atoms with Crippen LogP contribution in [0.2, 0.25) is 0 Å². The molecule has 0 unspecified atom stereocenters. The number of aryl methyl sites for hydroxylation is 4. The highest BCUT2D eigenvalue weighted by molar-refractivity contribution is 5.55. The lowest BCUT2D eigenvalue weighted by Gasteiger charge is -2.15. The van der Waals surface area contributed by atoms with Crippen LogP contribution in [0, 0.1) is 49.1 Å². The Balaban J connectivity index is 2.90. The summed E-state index contributed by atoms with van der Waals surface area (Å²) >= 11 is 0. The zero-order valence-electron chi connectivity index (χ0n) is 12.8. The van der Waals surface area contributed by atoms with Crippen molar-refractivity contribution in [1.82, 2.24) is 4.57 Å². The normalized spacial score (nSPS) is 10.3. The third-order valence-electron chi connectivity index (χ3n) is 3.65. The van der Waals surface area contributed by atoms with Gasteiger partial charge < -0.3 is 0 Å². The van der Waals surface area contributed by atoms with Crippen LogP contribution in [0.15, 0.2) is 23.0 Å². The van der Waals surface area contributed by atoms with Gasteiger partial charge in [0.05, 0.1) is 10.6 Å². The number of nitriles is 1. The fourth-order valence-corrected chi connectivity index (χ4v) is 2.59. The molecule has 0 fully saturated rings. The van der Waals surface area contributed by atoms with Crippen LogP contribution in [0.4, 0.5) is 5.69 Å². The van der Waals surface area contributed by atoms with Gasteiger partial charge in [-0.1, -0.05) is 0 Å². The van der Waals surface area contributed by atoms with Crippen molar-refractivity contribution in [3.05, 3.63) is 66.6 Å². The van der Waals surface area contributed by atoms with E-state index in [1.54, 1.807) is 39.8 Å². The molecule has 2 rings (SSSR count). The Kier molecular flexibility index (Phi) is 3.83. The summed E-state index contributed by atoms with van der Waals surface area (Å²) in [5.74, 6) is 0. The van der Waals surface area contributed by atoms with Crippen molar-refractivity contribution in [1.29, 1.82) is 5.26 Å². The lowest BCUT2D eigenvalue weighted by atomic mass is 10.1. The smallest absolute Gasteiger partial charge is 0.274 e. The molecule has 0 atom stereocenters. The molecule has 0 spiro atoms. The highest BCUT2D eigenvalue weighted by Crippen LogP contribution is 2.25. The van der Waals surface area contributed by atoms with Crippen molar-refractivity contribution in [3.63, 3.8) is 0 Å². The standard InChI is InChI=1S/C16H15N3O3/c1-9-6-12(4)18(16(20)13(9)8-17)14-7-15(19(21)22)11(3)5-10(14)2/h5-7H,1-4H3. The number of benzene rings is 1. The maximum Gasteiger partial charge on any atom is 0.274 e. The molecular weight excluding hydrogens is 282 g/mol. The first-order valence-corrected chi connectivity index (χ1v) is 6.67. The van der Waals surface area contributed by atoms with Crippen LogP contribution < -0.4 is 5.56 Å². The summed E-state index contributed by atoms with van der Waals surface area (Å²) in [6, 6.07) is 6.69. The summed E-state index contributed by atoms with van der Waals surface area (Å²) in [4.78, 5) is 23.2. The third-order valence-corrected chi connectivity index (χ3v) is 3.65. The average molecular weight is 297 g/mol. The van der Waals surface area contributed by atoms with E-state index in [4.69, 9.17) is 5.26 Å². The number of rotatable bonds is 2. The monoisotopic (exact) mass is 297 g/mol. The highest BCUT2D eigenvalue weighted by Gasteiger charge is 2.18. The average Bonchev–Trinajstić information content (AvgIpc) is 2.40. The number of pyridine rings is 1. The maximum atomic E-state index is 12.5. The number of hydrogen-bond donors (Lipinski definition) is 0. The van der Waals surface area contributed by atoms with Crippen LogP contribution >= 0.6 is 0 Å². The predicted octanol–water partition coefficient (Wildman–Crippen LogP) is 2.85. The van der Waals surface area contributed by atoms with Crippen molar-refractivity contribution >= 4 is 5.69 Å². The summed E-state index contributed by atoms with van der Waals surface area (Å²) in [7, 11) is 0. The van der Waals surface area contributed by atoms with Gasteiger partial charge in [0.15, 0.2) is 0 Å². The quantitative estimate of drug-likeness (QED) is 0.629. The summed E-state index contributed by atoms with van der Waals surface area (Å²) in [5.41, 5.74) is 2.46.